The van der Waals surface area contributed by atoms with Gasteiger partial charge >= 0.3 is 0 Å². The van der Waals surface area contributed by atoms with Gasteiger partial charge < -0.3 is 14.4 Å². The summed E-state index contributed by atoms with van der Waals surface area (Å²) in [6, 6.07) is 7.64. The van der Waals surface area contributed by atoms with Crippen LogP contribution in [0.1, 0.15) is 61.0 Å². The summed E-state index contributed by atoms with van der Waals surface area (Å²) in [5, 5.41) is 4.60. The summed E-state index contributed by atoms with van der Waals surface area (Å²) in [5.41, 5.74) is 3.33. The predicted molar refractivity (Wildman–Crippen MR) is 122 cm³/mol. The van der Waals surface area contributed by atoms with Gasteiger partial charge in [-0.3, -0.25) is 4.79 Å². The third-order valence-corrected chi connectivity index (χ3v) is 6.46. The molecule has 1 aliphatic heterocycles. The molecule has 0 saturated heterocycles. The zero-order valence-electron chi connectivity index (χ0n) is 18.7. The lowest BCUT2D eigenvalue weighted by Crippen LogP contribution is -2.34. The van der Waals surface area contributed by atoms with Crippen LogP contribution in [-0.2, 0) is 0 Å². The van der Waals surface area contributed by atoms with Gasteiger partial charge in [-0.1, -0.05) is 6.92 Å². The van der Waals surface area contributed by atoms with Crippen LogP contribution in [-0.4, -0.2) is 50.4 Å². The molecule has 3 heterocycles. The number of rotatable bonds is 8. The van der Waals surface area contributed by atoms with Gasteiger partial charge in [0.25, 0.3) is 11.9 Å². The Kier molecular flexibility index (Phi) is 5.00. The topological polar surface area (TPSA) is 82.4 Å². The van der Waals surface area contributed by atoms with Crippen LogP contribution in [0.3, 0.4) is 0 Å². The maximum absolute atomic E-state index is 13.5. The van der Waals surface area contributed by atoms with E-state index in [0.717, 1.165) is 55.1 Å². The fourth-order valence-electron chi connectivity index (χ4n) is 4.43. The minimum absolute atomic E-state index is 0.0869. The van der Waals surface area contributed by atoms with Crippen molar-refractivity contribution < 1.29 is 14.3 Å². The highest BCUT2D eigenvalue weighted by molar-refractivity contribution is 5.95. The highest BCUT2D eigenvalue weighted by Crippen LogP contribution is 2.43. The molecule has 3 aliphatic rings. The second kappa shape index (κ2) is 8.17. The average Bonchev–Trinajstić information content (AvgIpc) is 3.76. The van der Waals surface area contributed by atoms with Gasteiger partial charge in [-0.15, -0.1) is 0 Å². The first kappa shape index (κ1) is 20.2. The Morgan fingerprint density at radius 3 is 2.79 bits per heavy atom. The van der Waals surface area contributed by atoms with Crippen molar-refractivity contribution in [2.24, 2.45) is 5.92 Å². The van der Waals surface area contributed by atoms with Crippen molar-refractivity contribution in [1.82, 2.24) is 24.6 Å². The van der Waals surface area contributed by atoms with E-state index in [1.807, 2.05) is 29.2 Å². The van der Waals surface area contributed by atoms with E-state index < -0.39 is 0 Å². The van der Waals surface area contributed by atoms with Crippen molar-refractivity contribution in [3.8, 4) is 28.7 Å². The van der Waals surface area contributed by atoms with Crippen LogP contribution in [0.4, 0.5) is 0 Å². The monoisotopic (exact) mass is 445 g/mol. The Hall–Kier alpha value is -3.42. The number of fused-ring (bicyclic) bond motifs is 1. The van der Waals surface area contributed by atoms with E-state index in [2.05, 4.69) is 17.0 Å². The summed E-state index contributed by atoms with van der Waals surface area (Å²) >= 11 is 0. The molecule has 2 saturated carbocycles. The Labute approximate surface area is 192 Å². The molecule has 0 bridgehead atoms. The zero-order valence-corrected chi connectivity index (χ0v) is 18.7. The van der Waals surface area contributed by atoms with Crippen LogP contribution >= 0.6 is 0 Å². The van der Waals surface area contributed by atoms with Gasteiger partial charge in [0.1, 0.15) is 0 Å². The number of benzene rings is 1. The molecule has 0 spiro atoms. The zero-order chi connectivity index (χ0) is 22.4. The molecule has 170 valence electrons. The number of ether oxygens (including phenoxy) is 2. The molecule has 2 fully saturated rings. The van der Waals surface area contributed by atoms with E-state index in [1.165, 1.54) is 12.8 Å². The van der Waals surface area contributed by atoms with E-state index in [0.29, 0.717) is 29.1 Å². The average molecular weight is 446 g/mol. The van der Waals surface area contributed by atoms with E-state index >= 15 is 0 Å². The lowest BCUT2D eigenvalue weighted by Gasteiger charge is -2.22. The van der Waals surface area contributed by atoms with Crippen LogP contribution in [0.5, 0.6) is 11.5 Å². The molecule has 0 radical (unpaired) electrons. The van der Waals surface area contributed by atoms with Crippen LogP contribution < -0.4 is 9.47 Å². The molecule has 2 aliphatic carbocycles. The molecule has 0 unspecified atom stereocenters. The minimum Gasteiger partial charge on any atom is -0.454 e. The first-order chi connectivity index (χ1) is 16.2. The Morgan fingerprint density at radius 2 is 2.00 bits per heavy atom. The van der Waals surface area contributed by atoms with E-state index in [1.54, 1.807) is 17.1 Å². The molecular weight excluding hydrogens is 418 g/mol. The molecule has 0 atom stereocenters. The maximum Gasteiger partial charge on any atom is 0.257 e. The fraction of sp³-hybridized carbons (Fsp3) is 0.440. The molecule has 1 amide bonds. The molecule has 8 heteroatoms. The fourth-order valence-corrected chi connectivity index (χ4v) is 4.43. The number of hydrogen-bond acceptors (Lipinski definition) is 6. The number of aromatic nitrogens is 4. The second-order valence-corrected chi connectivity index (χ2v) is 9.13. The van der Waals surface area contributed by atoms with E-state index in [-0.39, 0.29) is 12.7 Å². The molecule has 3 aromatic rings. The third kappa shape index (κ3) is 3.94. The Balaban J connectivity index is 1.34. The van der Waals surface area contributed by atoms with Crippen LogP contribution in [0.15, 0.2) is 36.7 Å². The van der Waals surface area contributed by atoms with Crippen molar-refractivity contribution in [2.75, 3.05) is 19.9 Å². The number of carbonyl (C=O) groups excluding carboxylic acids is 1. The number of hydrogen-bond donors (Lipinski definition) is 0. The number of carbonyl (C=O) groups is 1. The minimum atomic E-state index is 0.0869. The standard InChI is InChI=1S/C25H27N5O3/c1-2-11-29(14-16-3-4-16)24(31)19-13-27-30(23(19)17-5-6-17)25-26-10-9-20(28-25)18-7-8-21-22(12-18)33-15-32-21/h7-10,12-13,16-17H,2-6,11,14-15H2,1H3. The highest BCUT2D eigenvalue weighted by atomic mass is 16.7. The SMILES string of the molecule is CCCN(CC1CC1)C(=O)c1cnn(-c2nccc(-c3ccc4c(c3)OCO4)n2)c1C1CC1. The summed E-state index contributed by atoms with van der Waals surface area (Å²) < 4.78 is 12.7. The summed E-state index contributed by atoms with van der Waals surface area (Å²) in [6.45, 7) is 3.98. The number of amides is 1. The van der Waals surface area contributed by atoms with Gasteiger partial charge in [-0.05, 0) is 62.3 Å². The molecular formula is C25H27N5O3. The van der Waals surface area contributed by atoms with Crippen LogP contribution in [0.2, 0.25) is 0 Å². The normalized spacial score (nSPS) is 16.8. The van der Waals surface area contributed by atoms with Crippen molar-refractivity contribution in [2.45, 2.75) is 44.9 Å². The molecule has 0 N–H and O–H groups in total. The maximum atomic E-state index is 13.5. The molecule has 33 heavy (non-hydrogen) atoms. The molecule has 1 aromatic carbocycles. The smallest absolute Gasteiger partial charge is 0.257 e. The van der Waals surface area contributed by atoms with Crippen molar-refractivity contribution in [3.05, 3.63) is 47.9 Å². The Morgan fingerprint density at radius 1 is 1.15 bits per heavy atom. The molecule has 6 rings (SSSR count). The third-order valence-electron chi connectivity index (χ3n) is 6.46. The largest absolute Gasteiger partial charge is 0.454 e. The highest BCUT2D eigenvalue weighted by Gasteiger charge is 2.36. The summed E-state index contributed by atoms with van der Waals surface area (Å²) in [4.78, 5) is 24.8. The summed E-state index contributed by atoms with van der Waals surface area (Å²) in [7, 11) is 0. The molecule has 8 nitrogen and oxygen atoms in total. The first-order valence-corrected chi connectivity index (χ1v) is 11.8. The van der Waals surface area contributed by atoms with E-state index in [9.17, 15) is 4.79 Å². The lowest BCUT2D eigenvalue weighted by atomic mass is 10.1. The van der Waals surface area contributed by atoms with Crippen molar-refractivity contribution >= 4 is 5.91 Å². The molecule has 2 aromatic heterocycles. The lowest BCUT2D eigenvalue weighted by molar-refractivity contribution is 0.0746. The second-order valence-electron chi connectivity index (χ2n) is 9.13. The van der Waals surface area contributed by atoms with Crippen molar-refractivity contribution in [1.29, 1.82) is 0 Å². The summed E-state index contributed by atoms with van der Waals surface area (Å²) in [6.07, 6.45) is 8.96. The predicted octanol–water partition coefficient (Wildman–Crippen LogP) is 4.20. The van der Waals surface area contributed by atoms with Gasteiger partial charge in [0.15, 0.2) is 11.5 Å². The quantitative estimate of drug-likeness (QED) is 0.517. The van der Waals surface area contributed by atoms with Crippen LogP contribution in [0, 0.1) is 5.92 Å². The summed E-state index contributed by atoms with van der Waals surface area (Å²) in [5.74, 6) is 3.00. The number of nitrogens with zero attached hydrogens (tertiary/aromatic N) is 5. The van der Waals surface area contributed by atoms with Gasteiger partial charge in [0.05, 0.1) is 23.1 Å². The first-order valence-electron chi connectivity index (χ1n) is 11.8. The Bertz CT molecular complexity index is 1200. The van der Waals surface area contributed by atoms with Crippen LogP contribution in [0.25, 0.3) is 17.2 Å². The van der Waals surface area contributed by atoms with Gasteiger partial charge in [0.2, 0.25) is 6.79 Å². The van der Waals surface area contributed by atoms with Gasteiger partial charge in [-0.2, -0.15) is 5.10 Å². The van der Waals surface area contributed by atoms with Gasteiger partial charge in [0, 0.05) is 30.8 Å². The van der Waals surface area contributed by atoms with Crippen molar-refractivity contribution in [3.63, 3.8) is 0 Å². The van der Waals surface area contributed by atoms with E-state index in [4.69, 9.17) is 14.5 Å². The van der Waals surface area contributed by atoms with Gasteiger partial charge in [-0.25, -0.2) is 14.6 Å².